The average molecular weight is 568 g/mol. The second-order valence-electron chi connectivity index (χ2n) is 9.60. The van der Waals surface area contributed by atoms with Crippen molar-refractivity contribution in [1.82, 2.24) is 24.8 Å². The minimum atomic E-state index is -0.505. The number of benzene rings is 1. The molecule has 3 aromatic rings. The van der Waals surface area contributed by atoms with Crippen molar-refractivity contribution in [3.05, 3.63) is 59.5 Å². The molecule has 1 aliphatic rings. The number of rotatable bonds is 6. The molecule has 0 saturated carbocycles. The highest BCUT2D eigenvalue weighted by Crippen LogP contribution is 2.26. The lowest BCUT2D eigenvalue weighted by Gasteiger charge is -2.35. The number of hydrogen-bond acceptors (Lipinski definition) is 8. The normalized spacial score (nSPS) is 14.6. The molecule has 1 saturated heterocycles. The number of fused-ring (bicyclic) bond motifs is 1. The minimum absolute atomic E-state index is 0.280. The van der Waals surface area contributed by atoms with Crippen LogP contribution in [0.3, 0.4) is 0 Å². The lowest BCUT2D eigenvalue weighted by molar-refractivity contribution is -0.111. The third-order valence-electron chi connectivity index (χ3n) is 5.52. The summed E-state index contributed by atoms with van der Waals surface area (Å²) < 4.78 is 6.38. The maximum atomic E-state index is 12.5. The van der Waals surface area contributed by atoms with Gasteiger partial charge < -0.3 is 20.3 Å². The first-order valence-electron chi connectivity index (χ1n) is 12.0. The maximum Gasteiger partial charge on any atom is 0.410 e. The van der Waals surface area contributed by atoms with Crippen molar-refractivity contribution < 1.29 is 14.3 Å². The first kappa shape index (κ1) is 26.5. The second-order valence-corrected chi connectivity index (χ2v) is 10.5. The van der Waals surface area contributed by atoms with Crippen molar-refractivity contribution in [2.24, 2.45) is 0 Å². The fourth-order valence-electron chi connectivity index (χ4n) is 3.75. The Morgan fingerprint density at radius 2 is 1.89 bits per heavy atom. The topological polar surface area (TPSA) is 113 Å². The van der Waals surface area contributed by atoms with Gasteiger partial charge in [0.05, 0.1) is 11.7 Å². The summed E-state index contributed by atoms with van der Waals surface area (Å²) in [7, 11) is 0. The van der Waals surface area contributed by atoms with Crippen molar-refractivity contribution in [2.75, 3.05) is 43.4 Å². The molecule has 0 aliphatic carbocycles. The van der Waals surface area contributed by atoms with Crippen LogP contribution in [0.2, 0.25) is 0 Å². The zero-order valence-corrected chi connectivity index (χ0v) is 22.7. The number of ether oxygens (including phenoxy) is 1. The number of carbonyl (C=O) groups is 2. The lowest BCUT2D eigenvalue weighted by atomic mass is 10.2. The van der Waals surface area contributed by atoms with Crippen LogP contribution in [0.4, 0.5) is 22.1 Å². The molecule has 11 heteroatoms. The molecule has 1 aromatic carbocycles. The Balaban J connectivity index is 1.31. The Bertz CT molecular complexity index is 1300. The number of nitrogens with one attached hydrogen (secondary N) is 2. The quantitative estimate of drug-likeness (QED) is 0.416. The van der Waals surface area contributed by atoms with Gasteiger partial charge >= 0.3 is 6.09 Å². The Kier molecular flexibility index (Phi) is 8.34. The van der Waals surface area contributed by atoms with Crippen LogP contribution in [0.5, 0.6) is 0 Å². The van der Waals surface area contributed by atoms with Gasteiger partial charge in [0.2, 0.25) is 5.91 Å². The van der Waals surface area contributed by atoms with Gasteiger partial charge in [0.1, 0.15) is 23.6 Å². The van der Waals surface area contributed by atoms with Crippen LogP contribution >= 0.6 is 15.9 Å². The molecule has 1 fully saturated rings. The molecular formula is C26H30BrN7O3. The average Bonchev–Trinajstić information content (AvgIpc) is 2.84. The molecule has 3 heterocycles. The molecule has 0 unspecified atom stereocenters. The molecule has 194 valence electrons. The van der Waals surface area contributed by atoms with Gasteiger partial charge in [0, 0.05) is 54.3 Å². The Hall–Kier alpha value is -3.57. The molecular weight excluding hydrogens is 538 g/mol. The van der Waals surface area contributed by atoms with Crippen LogP contribution in [0, 0.1) is 0 Å². The first-order chi connectivity index (χ1) is 17.7. The van der Waals surface area contributed by atoms with Crippen molar-refractivity contribution in [3.8, 4) is 0 Å². The van der Waals surface area contributed by atoms with Crippen LogP contribution in [0.15, 0.2) is 59.5 Å². The van der Waals surface area contributed by atoms with Crippen molar-refractivity contribution in [1.29, 1.82) is 0 Å². The number of halogens is 1. The highest BCUT2D eigenvalue weighted by Gasteiger charge is 2.25. The van der Waals surface area contributed by atoms with E-state index >= 15 is 0 Å². The molecule has 1 aliphatic heterocycles. The Morgan fingerprint density at radius 3 is 2.62 bits per heavy atom. The predicted octanol–water partition coefficient (Wildman–Crippen LogP) is 4.58. The van der Waals surface area contributed by atoms with Gasteiger partial charge in [0.15, 0.2) is 0 Å². The van der Waals surface area contributed by atoms with Gasteiger partial charge in [-0.05, 0) is 45.0 Å². The van der Waals surface area contributed by atoms with Crippen molar-refractivity contribution in [2.45, 2.75) is 26.4 Å². The van der Waals surface area contributed by atoms with Gasteiger partial charge in [-0.3, -0.25) is 9.69 Å². The molecule has 0 spiro atoms. The van der Waals surface area contributed by atoms with E-state index in [1.165, 1.54) is 12.4 Å². The summed E-state index contributed by atoms with van der Waals surface area (Å²) in [6.07, 6.45) is 6.09. The number of nitrogens with zero attached hydrogens (tertiary/aromatic N) is 5. The van der Waals surface area contributed by atoms with E-state index in [-0.39, 0.29) is 12.0 Å². The molecule has 0 atom stereocenters. The minimum Gasteiger partial charge on any atom is -0.444 e. The number of hydrogen-bond donors (Lipinski definition) is 2. The van der Waals surface area contributed by atoms with E-state index in [4.69, 9.17) is 4.74 Å². The molecule has 4 rings (SSSR count). The predicted molar refractivity (Wildman–Crippen MR) is 147 cm³/mol. The summed E-state index contributed by atoms with van der Waals surface area (Å²) >= 11 is 3.47. The van der Waals surface area contributed by atoms with E-state index in [1.54, 1.807) is 17.2 Å². The van der Waals surface area contributed by atoms with Crippen LogP contribution in [-0.2, 0) is 9.53 Å². The third kappa shape index (κ3) is 7.70. The van der Waals surface area contributed by atoms with E-state index in [9.17, 15) is 9.59 Å². The highest BCUT2D eigenvalue weighted by atomic mass is 79.9. The van der Waals surface area contributed by atoms with Crippen LogP contribution in [-0.4, -0.2) is 75.1 Å². The number of amides is 2. The summed E-state index contributed by atoms with van der Waals surface area (Å²) in [6.45, 7) is 8.79. The van der Waals surface area contributed by atoms with E-state index in [0.29, 0.717) is 49.9 Å². The van der Waals surface area contributed by atoms with E-state index in [0.717, 1.165) is 15.5 Å². The standard InChI is InChI=1S/C26H30BrN7O3/c1-26(2,3)37-25(36)34-12-10-33(11-13-34)9-5-8-23(35)32-22-15-20-21(16-28-22)29-17-30-24(20)31-19-7-4-6-18(27)14-19/h4-8,14-17H,9-13H2,1-3H3,(H,28,32,35)(H,29,30,31)/b8-5+. The van der Waals surface area contributed by atoms with E-state index in [1.807, 2.05) is 51.1 Å². The maximum absolute atomic E-state index is 12.5. The molecule has 2 amide bonds. The van der Waals surface area contributed by atoms with Crippen molar-refractivity contribution >= 4 is 56.2 Å². The zero-order chi connectivity index (χ0) is 26.4. The fourth-order valence-corrected chi connectivity index (χ4v) is 4.15. The summed E-state index contributed by atoms with van der Waals surface area (Å²) in [5.74, 6) is 0.736. The second kappa shape index (κ2) is 11.7. The molecule has 37 heavy (non-hydrogen) atoms. The van der Waals surface area contributed by atoms with Gasteiger partial charge in [0.25, 0.3) is 0 Å². The molecule has 2 N–H and O–H groups in total. The third-order valence-corrected chi connectivity index (χ3v) is 6.01. The Morgan fingerprint density at radius 1 is 1.11 bits per heavy atom. The smallest absolute Gasteiger partial charge is 0.410 e. The zero-order valence-electron chi connectivity index (χ0n) is 21.1. The molecule has 0 radical (unpaired) electrons. The monoisotopic (exact) mass is 567 g/mol. The van der Waals surface area contributed by atoms with Crippen LogP contribution in [0.1, 0.15) is 20.8 Å². The van der Waals surface area contributed by atoms with Gasteiger partial charge in [-0.25, -0.2) is 19.7 Å². The summed E-state index contributed by atoms with van der Waals surface area (Å²) in [5, 5.41) is 6.82. The fraction of sp³-hybridized carbons (Fsp3) is 0.346. The van der Waals surface area contributed by atoms with Crippen molar-refractivity contribution in [3.63, 3.8) is 0 Å². The highest BCUT2D eigenvalue weighted by molar-refractivity contribution is 9.10. The number of piperazine rings is 1. The van der Waals surface area contributed by atoms with E-state index in [2.05, 4.69) is 46.4 Å². The summed E-state index contributed by atoms with van der Waals surface area (Å²) in [4.78, 5) is 41.5. The first-order valence-corrected chi connectivity index (χ1v) is 12.8. The summed E-state index contributed by atoms with van der Waals surface area (Å²) in [6, 6.07) is 9.50. The van der Waals surface area contributed by atoms with Gasteiger partial charge in [-0.1, -0.05) is 28.1 Å². The van der Waals surface area contributed by atoms with Crippen LogP contribution < -0.4 is 10.6 Å². The SMILES string of the molecule is CC(C)(C)OC(=O)N1CCN(C/C=C/C(=O)Nc2cc3c(Nc4cccc(Br)c4)ncnc3cn2)CC1. The van der Waals surface area contributed by atoms with Gasteiger partial charge in [-0.2, -0.15) is 0 Å². The number of anilines is 3. The number of pyridine rings is 1. The largest absolute Gasteiger partial charge is 0.444 e. The van der Waals surface area contributed by atoms with Gasteiger partial charge in [-0.15, -0.1) is 0 Å². The lowest BCUT2D eigenvalue weighted by Crippen LogP contribution is -2.49. The molecule has 2 aromatic heterocycles. The number of carbonyl (C=O) groups excluding carboxylic acids is 2. The Labute approximate surface area is 224 Å². The number of aromatic nitrogens is 3. The summed E-state index contributed by atoms with van der Waals surface area (Å²) in [5.41, 5.74) is 1.02. The molecule has 10 nitrogen and oxygen atoms in total. The van der Waals surface area contributed by atoms with Crippen LogP contribution in [0.25, 0.3) is 10.9 Å². The molecule has 0 bridgehead atoms. The van der Waals surface area contributed by atoms with E-state index < -0.39 is 5.60 Å².